The van der Waals surface area contributed by atoms with Crippen LogP contribution in [0.1, 0.15) is 94.8 Å². The lowest BCUT2D eigenvalue weighted by Crippen LogP contribution is -2.15. The van der Waals surface area contributed by atoms with E-state index in [2.05, 4.69) is 0 Å². The normalized spacial score (nSPS) is 15.6. The molecule has 0 bridgehead atoms. The summed E-state index contributed by atoms with van der Waals surface area (Å²) in [6, 6.07) is 15.5. The van der Waals surface area contributed by atoms with Crippen LogP contribution in [-0.2, 0) is 53.6 Å². The first-order valence-electron chi connectivity index (χ1n) is 20.6. The van der Waals surface area contributed by atoms with Crippen LogP contribution in [0.25, 0.3) is 24.3 Å². The molecule has 5 aromatic rings. The largest absolute Gasteiger partial charge is 0.478 e. The molecule has 0 amide bonds. The molecule has 2 aliphatic carbocycles. The van der Waals surface area contributed by atoms with Gasteiger partial charge in [-0.05, 0) is 137 Å². The smallest absolute Gasteiger partial charge is 0.416 e. The average Bonchev–Trinajstić information content (AvgIpc) is 3.26. The Morgan fingerprint density at radius 3 is 1.29 bits per heavy atom. The Labute approximate surface area is 388 Å². The number of aliphatic carboxylic acids is 1. The van der Waals surface area contributed by atoms with Gasteiger partial charge in [0.2, 0.25) is 0 Å². The van der Waals surface area contributed by atoms with Gasteiger partial charge in [-0.2, -0.15) is 52.7 Å². The van der Waals surface area contributed by atoms with Crippen molar-refractivity contribution < 1.29 is 81.4 Å². The first-order chi connectivity index (χ1) is 32.5. The van der Waals surface area contributed by atoms with Crippen LogP contribution in [0.5, 0.6) is 0 Å². The minimum Gasteiger partial charge on any atom is -0.478 e. The second-order valence-corrected chi connectivity index (χ2v) is 16.0. The summed E-state index contributed by atoms with van der Waals surface area (Å²) in [4.78, 5) is 48.7. The number of benzene rings is 5. The number of carboxylic acid groups (broad SMARTS) is 1. The minimum atomic E-state index is -4.99. The number of carbonyl (C=O) groups excluding carboxylic acids is 3. The number of rotatable bonds is 8. The molecule has 364 valence electrons. The summed E-state index contributed by atoms with van der Waals surface area (Å²) in [5.74, 6) is -2.94. The lowest BCUT2D eigenvalue weighted by Gasteiger charge is -2.19. The van der Waals surface area contributed by atoms with Gasteiger partial charge in [-0.15, -0.1) is 0 Å². The van der Waals surface area contributed by atoms with E-state index in [1.54, 1.807) is 24.3 Å². The number of allylic oxidation sites excluding steroid dienone is 3. The van der Waals surface area contributed by atoms with E-state index in [1.807, 2.05) is 0 Å². The zero-order valence-corrected chi connectivity index (χ0v) is 35.7. The first-order valence-corrected chi connectivity index (χ1v) is 20.6. The fourth-order valence-corrected chi connectivity index (χ4v) is 7.54. The lowest BCUT2D eigenvalue weighted by atomic mass is 9.85. The predicted molar refractivity (Wildman–Crippen MR) is 232 cm³/mol. The van der Waals surface area contributed by atoms with Gasteiger partial charge in [0.25, 0.3) is 0 Å². The van der Waals surface area contributed by atoms with E-state index < -0.39 is 70.3 Å². The van der Waals surface area contributed by atoms with E-state index in [1.165, 1.54) is 42.5 Å². The van der Waals surface area contributed by atoms with Crippen LogP contribution in [0.4, 0.5) is 62.8 Å². The Bertz CT molecular complexity index is 2960. The van der Waals surface area contributed by atoms with Crippen molar-refractivity contribution in [2.75, 3.05) is 5.73 Å². The average molecular weight is 988 g/mol. The third-order valence-corrected chi connectivity index (χ3v) is 10.9. The Morgan fingerprint density at radius 1 is 0.514 bits per heavy atom. The van der Waals surface area contributed by atoms with Crippen LogP contribution in [-0.4, -0.2) is 28.4 Å². The van der Waals surface area contributed by atoms with E-state index in [0.29, 0.717) is 64.9 Å². The molecule has 0 aliphatic heterocycles. The molecule has 0 radical (unpaired) electrons. The quantitative estimate of drug-likeness (QED) is 0.0909. The molecule has 0 saturated heterocycles. The number of carbonyl (C=O) groups is 4. The van der Waals surface area contributed by atoms with E-state index >= 15 is 0 Å². The molecule has 0 saturated carbocycles. The molecule has 7 rings (SSSR count). The molecule has 0 spiro atoms. The molecule has 6 nitrogen and oxygen atoms in total. The fourth-order valence-electron chi connectivity index (χ4n) is 7.54. The Kier molecular flexibility index (Phi) is 14.9. The topological polar surface area (TPSA) is 115 Å². The number of hydrogen-bond donors (Lipinski definition) is 2. The van der Waals surface area contributed by atoms with Crippen molar-refractivity contribution in [1.82, 2.24) is 0 Å². The number of hydrogen-bond acceptors (Lipinski definition) is 5. The number of Topliss-reactive ketones (excluding diaryl/α,β-unsaturated/α-hetero) is 2. The van der Waals surface area contributed by atoms with Gasteiger partial charge in [0, 0.05) is 40.5 Å². The van der Waals surface area contributed by atoms with Crippen molar-refractivity contribution in [3.8, 4) is 0 Å². The van der Waals surface area contributed by atoms with Gasteiger partial charge < -0.3 is 10.8 Å². The maximum Gasteiger partial charge on any atom is 0.416 e. The third-order valence-electron chi connectivity index (χ3n) is 10.9. The summed E-state index contributed by atoms with van der Waals surface area (Å²) in [5.41, 5.74) is 2.95. The number of nitrogens with two attached hydrogens (primary N) is 1. The summed E-state index contributed by atoms with van der Waals surface area (Å²) in [7, 11) is 0. The van der Waals surface area contributed by atoms with Crippen LogP contribution in [0.3, 0.4) is 0 Å². The number of anilines is 1. The fraction of sp³-hybridized carbons (Fsp3) is 0.176. The molecule has 2 aliphatic rings. The van der Waals surface area contributed by atoms with E-state index in [9.17, 15) is 76.3 Å². The van der Waals surface area contributed by atoms with Crippen molar-refractivity contribution in [2.24, 2.45) is 0 Å². The number of halogens is 13. The maximum absolute atomic E-state index is 13.2. The number of carboxylic acids is 1. The van der Waals surface area contributed by atoms with Crippen molar-refractivity contribution in [3.05, 3.63) is 192 Å². The predicted octanol–water partition coefficient (Wildman–Crippen LogP) is 13.5. The van der Waals surface area contributed by atoms with Gasteiger partial charge in [0.15, 0.2) is 17.3 Å². The van der Waals surface area contributed by atoms with Crippen LogP contribution in [0.15, 0.2) is 114 Å². The molecule has 0 aromatic heterocycles. The lowest BCUT2D eigenvalue weighted by molar-refractivity contribution is -0.144. The van der Waals surface area contributed by atoms with E-state index in [0.717, 1.165) is 24.3 Å². The van der Waals surface area contributed by atoms with E-state index in [4.69, 9.17) is 10.8 Å². The summed E-state index contributed by atoms with van der Waals surface area (Å²) in [6.07, 6.45) is -11.8. The van der Waals surface area contributed by atoms with Crippen molar-refractivity contribution in [1.29, 1.82) is 0 Å². The minimum absolute atomic E-state index is 0.0339. The van der Waals surface area contributed by atoms with Gasteiger partial charge in [-0.3, -0.25) is 14.4 Å². The Morgan fingerprint density at radius 2 is 0.914 bits per heavy atom. The second-order valence-electron chi connectivity index (χ2n) is 16.0. The monoisotopic (exact) mass is 987 g/mol. The summed E-state index contributed by atoms with van der Waals surface area (Å²) < 4.78 is 171. The van der Waals surface area contributed by atoms with Crippen molar-refractivity contribution in [3.63, 3.8) is 0 Å². The molecular weight excluding hydrogens is 954 g/mol. The van der Waals surface area contributed by atoms with Crippen LogP contribution in [0.2, 0.25) is 0 Å². The molecule has 0 unspecified atom stereocenters. The number of nitrogen functional groups attached to an aromatic ring is 1. The van der Waals surface area contributed by atoms with Crippen molar-refractivity contribution in [2.45, 2.75) is 56.8 Å². The highest BCUT2D eigenvalue weighted by Gasteiger charge is 2.38. The summed E-state index contributed by atoms with van der Waals surface area (Å²) >= 11 is 0. The molecule has 70 heavy (non-hydrogen) atoms. The molecule has 0 heterocycles. The molecular formula is C51H34F13NO5. The Hall–Kier alpha value is -7.57. The standard InChI is InChI=1S/C29H20F7NO2.C22H14F6O3/c30-23-6-5-19(26(37)15-23)13-24(38)7-1-16-2-8-25-18(9-16)3-4-20(27(25)39)10-17-11-21(28(31,32)33)14-22(12-17)29(34,35)36;23-21(24,25)16-9-13(10-17(11-16)22(26,27)28)8-15-4-3-14-7-12(2-6-19(29)30)1-5-18(14)20(15)31/h1-2,5-12,14-15H,3-4,13,37H2;1-2,5-11H,3-4H2,(H,29,30)/b7-1+,20-10+;6-2+,15-8+. The maximum atomic E-state index is 13.2. The highest BCUT2D eigenvalue weighted by Crippen LogP contribution is 2.39. The summed E-state index contributed by atoms with van der Waals surface area (Å²) in [6.45, 7) is 0. The number of fused-ring (bicyclic) bond motifs is 2. The highest BCUT2D eigenvalue weighted by atomic mass is 19.4. The van der Waals surface area contributed by atoms with Gasteiger partial charge in [0.05, 0.1) is 22.3 Å². The third kappa shape index (κ3) is 13.1. The number of alkyl halides is 12. The van der Waals surface area contributed by atoms with Crippen LogP contribution in [0, 0.1) is 5.82 Å². The summed E-state index contributed by atoms with van der Waals surface area (Å²) in [5, 5.41) is 8.68. The molecule has 3 N–H and O–H groups in total. The molecule has 19 heteroatoms. The second kappa shape index (κ2) is 20.2. The van der Waals surface area contributed by atoms with Crippen LogP contribution < -0.4 is 5.73 Å². The van der Waals surface area contributed by atoms with Gasteiger partial charge in [-0.25, -0.2) is 9.18 Å². The zero-order valence-electron chi connectivity index (χ0n) is 35.7. The van der Waals surface area contributed by atoms with Gasteiger partial charge in [0.1, 0.15) is 5.82 Å². The van der Waals surface area contributed by atoms with Gasteiger partial charge >= 0.3 is 30.7 Å². The van der Waals surface area contributed by atoms with Crippen molar-refractivity contribution >= 4 is 53.3 Å². The van der Waals surface area contributed by atoms with Gasteiger partial charge in [-0.1, -0.05) is 48.5 Å². The zero-order chi connectivity index (χ0) is 51.5. The highest BCUT2D eigenvalue weighted by molar-refractivity contribution is 6.14. The van der Waals surface area contributed by atoms with Crippen LogP contribution >= 0.6 is 0 Å². The number of aryl methyl sites for hydroxylation is 2. The van der Waals surface area contributed by atoms with E-state index in [-0.39, 0.29) is 76.3 Å². The SMILES string of the molecule is Nc1cc(F)ccc1CC(=O)/C=C/c1ccc2c(c1)CC/C(=C\c1cc(C(F)(F)F)cc(C(F)(F)F)c1)C2=O.O=C(O)/C=C/c1ccc2c(c1)CC/C(=C\c1cc(C(F)(F)F)cc(C(F)(F)F)c1)C2=O. The molecule has 0 atom stereocenters. The first kappa shape index (κ1) is 51.8. The Balaban J connectivity index is 0.000000236. The molecule has 5 aromatic carbocycles. The molecule has 0 fully saturated rings. The number of ketones is 3.